The minimum absolute atomic E-state index is 0.0604. The summed E-state index contributed by atoms with van der Waals surface area (Å²) in [6, 6.07) is 12.9. The van der Waals surface area contributed by atoms with Crippen molar-refractivity contribution in [2.45, 2.75) is 25.6 Å². The Morgan fingerprint density at radius 2 is 2.04 bits per heavy atom. The van der Waals surface area contributed by atoms with E-state index in [1.165, 1.54) is 0 Å². The molecule has 1 aromatic carbocycles. The molecule has 7 heteroatoms. The molecule has 1 saturated heterocycles. The van der Waals surface area contributed by atoms with Crippen molar-refractivity contribution in [2.24, 2.45) is 0 Å². The molecule has 144 valence electrons. The number of rotatable bonds is 6. The Morgan fingerprint density at radius 3 is 2.89 bits per heavy atom. The normalized spacial score (nSPS) is 16.5. The third kappa shape index (κ3) is 3.98. The Labute approximate surface area is 162 Å². The van der Waals surface area contributed by atoms with Crippen molar-refractivity contribution in [1.29, 1.82) is 0 Å². The van der Waals surface area contributed by atoms with Crippen LogP contribution >= 0.6 is 0 Å². The third-order valence-corrected chi connectivity index (χ3v) is 4.98. The minimum Gasteiger partial charge on any atom is -0.445 e. The standard InChI is InChI=1S/C21H22N4O3/c26-20-18(23-21(27)28-15-16-4-2-1-3-5-16)8-11-25(20)13-12-24-10-7-17-14-22-9-6-19(17)24/h1-7,9-10,14,18H,8,11-13,15H2,(H,23,27)/t18-/m0/s1. The Balaban J connectivity index is 1.27. The number of pyridine rings is 1. The maximum Gasteiger partial charge on any atom is 0.408 e. The van der Waals surface area contributed by atoms with Crippen LogP contribution in [-0.2, 0) is 22.7 Å². The number of benzene rings is 1. The van der Waals surface area contributed by atoms with Gasteiger partial charge in [-0.1, -0.05) is 30.3 Å². The fraction of sp³-hybridized carbons (Fsp3) is 0.286. The maximum atomic E-state index is 12.6. The molecule has 4 rings (SSSR count). The van der Waals surface area contributed by atoms with Gasteiger partial charge >= 0.3 is 6.09 Å². The van der Waals surface area contributed by atoms with Crippen LogP contribution in [0.5, 0.6) is 0 Å². The number of ether oxygens (including phenoxy) is 1. The van der Waals surface area contributed by atoms with Crippen LogP contribution in [-0.4, -0.2) is 45.6 Å². The number of amides is 2. The van der Waals surface area contributed by atoms with Gasteiger partial charge in [0.25, 0.3) is 0 Å². The molecule has 3 aromatic rings. The molecule has 0 spiro atoms. The van der Waals surface area contributed by atoms with Gasteiger partial charge in [0.1, 0.15) is 12.6 Å². The Bertz CT molecular complexity index is 970. The Kier molecular flexibility index (Phi) is 5.23. The van der Waals surface area contributed by atoms with Crippen molar-refractivity contribution in [3.05, 3.63) is 66.6 Å². The lowest BCUT2D eigenvalue weighted by Gasteiger charge is -2.18. The van der Waals surface area contributed by atoms with Gasteiger partial charge in [0.2, 0.25) is 5.91 Å². The summed E-state index contributed by atoms with van der Waals surface area (Å²) >= 11 is 0. The lowest BCUT2D eigenvalue weighted by atomic mass is 10.2. The zero-order valence-electron chi connectivity index (χ0n) is 15.5. The zero-order chi connectivity index (χ0) is 19.3. The summed E-state index contributed by atoms with van der Waals surface area (Å²) < 4.78 is 7.32. The van der Waals surface area contributed by atoms with Crippen LogP contribution in [0, 0.1) is 0 Å². The van der Waals surface area contributed by atoms with E-state index in [4.69, 9.17) is 4.74 Å². The molecule has 3 heterocycles. The van der Waals surface area contributed by atoms with Crippen LogP contribution < -0.4 is 5.32 Å². The van der Waals surface area contributed by atoms with Gasteiger partial charge in [-0.05, 0) is 24.1 Å². The second kappa shape index (κ2) is 8.12. The number of alkyl carbamates (subject to hydrolysis) is 1. The molecule has 0 unspecified atom stereocenters. The lowest BCUT2D eigenvalue weighted by Crippen LogP contribution is -2.42. The van der Waals surface area contributed by atoms with Crippen LogP contribution in [0.25, 0.3) is 10.9 Å². The highest BCUT2D eigenvalue weighted by molar-refractivity contribution is 5.87. The van der Waals surface area contributed by atoms with Crippen molar-refractivity contribution >= 4 is 22.9 Å². The largest absolute Gasteiger partial charge is 0.445 e. The average Bonchev–Trinajstić information content (AvgIpc) is 3.29. The molecule has 7 nitrogen and oxygen atoms in total. The molecule has 1 fully saturated rings. The monoisotopic (exact) mass is 378 g/mol. The van der Waals surface area contributed by atoms with Crippen LogP contribution in [0.4, 0.5) is 4.79 Å². The van der Waals surface area contributed by atoms with Gasteiger partial charge < -0.3 is 19.5 Å². The maximum absolute atomic E-state index is 12.6. The van der Waals surface area contributed by atoms with Gasteiger partial charge in [0, 0.05) is 43.6 Å². The summed E-state index contributed by atoms with van der Waals surface area (Å²) in [6.07, 6.45) is 5.63. The van der Waals surface area contributed by atoms with E-state index < -0.39 is 12.1 Å². The fourth-order valence-corrected chi connectivity index (χ4v) is 3.47. The summed E-state index contributed by atoms with van der Waals surface area (Å²) in [5.74, 6) is -0.0604. The first kappa shape index (κ1) is 18.0. The first-order chi connectivity index (χ1) is 13.7. The quantitative estimate of drug-likeness (QED) is 0.715. The van der Waals surface area contributed by atoms with Crippen LogP contribution in [0.2, 0.25) is 0 Å². The third-order valence-electron chi connectivity index (χ3n) is 4.98. The molecule has 1 aliphatic heterocycles. The number of nitrogens with one attached hydrogen (secondary N) is 1. The zero-order valence-corrected chi connectivity index (χ0v) is 15.5. The van der Waals surface area contributed by atoms with Gasteiger partial charge in [-0.15, -0.1) is 0 Å². The van der Waals surface area contributed by atoms with Crippen molar-refractivity contribution in [2.75, 3.05) is 13.1 Å². The highest BCUT2D eigenvalue weighted by Crippen LogP contribution is 2.16. The summed E-state index contributed by atoms with van der Waals surface area (Å²) in [5, 5.41) is 3.76. The molecule has 1 N–H and O–H groups in total. The number of fused-ring (bicyclic) bond motifs is 1. The van der Waals surface area contributed by atoms with Crippen molar-refractivity contribution in [1.82, 2.24) is 19.8 Å². The van der Waals surface area contributed by atoms with Crippen molar-refractivity contribution in [3.63, 3.8) is 0 Å². The number of carbonyl (C=O) groups excluding carboxylic acids is 2. The van der Waals surface area contributed by atoms with E-state index in [1.54, 1.807) is 11.1 Å². The van der Waals surface area contributed by atoms with Crippen LogP contribution in [0.3, 0.4) is 0 Å². The molecule has 0 bridgehead atoms. The highest BCUT2D eigenvalue weighted by atomic mass is 16.5. The Hall–Kier alpha value is -3.35. The molecule has 0 saturated carbocycles. The van der Waals surface area contributed by atoms with Gasteiger partial charge in [-0.3, -0.25) is 9.78 Å². The molecule has 1 atom stereocenters. The van der Waals surface area contributed by atoms with Gasteiger partial charge in [-0.2, -0.15) is 0 Å². The van der Waals surface area contributed by atoms with E-state index in [0.717, 1.165) is 16.5 Å². The summed E-state index contributed by atoms with van der Waals surface area (Å²) in [6.45, 7) is 2.11. The summed E-state index contributed by atoms with van der Waals surface area (Å²) in [5.41, 5.74) is 2.01. The number of nitrogens with zero attached hydrogens (tertiary/aromatic N) is 3. The first-order valence-corrected chi connectivity index (χ1v) is 9.35. The number of aromatic nitrogens is 2. The topological polar surface area (TPSA) is 76.5 Å². The van der Waals surface area contributed by atoms with E-state index in [9.17, 15) is 9.59 Å². The Morgan fingerprint density at radius 1 is 1.18 bits per heavy atom. The van der Waals surface area contributed by atoms with Crippen molar-refractivity contribution < 1.29 is 14.3 Å². The molecule has 0 radical (unpaired) electrons. The highest BCUT2D eigenvalue weighted by Gasteiger charge is 2.32. The predicted molar refractivity (Wildman–Crippen MR) is 104 cm³/mol. The number of hydrogen-bond acceptors (Lipinski definition) is 4. The SMILES string of the molecule is O=C(N[C@H]1CCN(CCn2ccc3cnccc32)C1=O)OCc1ccccc1. The van der Waals surface area contributed by atoms with Gasteiger partial charge in [-0.25, -0.2) is 4.79 Å². The van der Waals surface area contributed by atoms with Crippen LogP contribution in [0.15, 0.2) is 61.1 Å². The van der Waals surface area contributed by atoms with E-state index >= 15 is 0 Å². The average molecular weight is 378 g/mol. The van der Waals surface area contributed by atoms with E-state index in [1.807, 2.05) is 54.9 Å². The lowest BCUT2D eigenvalue weighted by molar-refractivity contribution is -0.129. The van der Waals surface area contributed by atoms with Crippen LogP contribution in [0.1, 0.15) is 12.0 Å². The fourth-order valence-electron chi connectivity index (χ4n) is 3.47. The molecule has 2 amide bonds. The van der Waals surface area contributed by atoms with E-state index in [0.29, 0.717) is 26.1 Å². The second-order valence-electron chi connectivity index (χ2n) is 6.82. The molecule has 0 aliphatic carbocycles. The van der Waals surface area contributed by atoms with E-state index in [-0.39, 0.29) is 12.5 Å². The number of hydrogen-bond donors (Lipinski definition) is 1. The predicted octanol–water partition coefficient (Wildman–Crippen LogP) is 2.56. The molecular weight excluding hydrogens is 356 g/mol. The summed E-state index contributed by atoms with van der Waals surface area (Å²) in [7, 11) is 0. The smallest absolute Gasteiger partial charge is 0.408 e. The minimum atomic E-state index is -0.562. The second-order valence-corrected chi connectivity index (χ2v) is 6.82. The van der Waals surface area contributed by atoms with Crippen molar-refractivity contribution in [3.8, 4) is 0 Å². The number of likely N-dealkylation sites (tertiary alicyclic amines) is 1. The van der Waals surface area contributed by atoms with Gasteiger partial charge in [0.15, 0.2) is 0 Å². The number of carbonyl (C=O) groups is 2. The molecule has 1 aliphatic rings. The van der Waals surface area contributed by atoms with E-state index in [2.05, 4.69) is 14.9 Å². The molecule has 28 heavy (non-hydrogen) atoms. The summed E-state index contributed by atoms with van der Waals surface area (Å²) in [4.78, 5) is 30.5. The van der Waals surface area contributed by atoms with Gasteiger partial charge in [0.05, 0.1) is 5.52 Å². The first-order valence-electron chi connectivity index (χ1n) is 9.35. The molecular formula is C21H22N4O3. The molecule has 2 aromatic heterocycles.